The maximum absolute atomic E-state index is 11.2. The smallest absolute Gasteiger partial charge is 0.220 e. The van der Waals surface area contributed by atoms with Crippen LogP contribution in [0.5, 0.6) is 0 Å². The monoisotopic (exact) mass is 202 g/mol. The Morgan fingerprint density at radius 1 is 1.43 bits per heavy atom. The lowest BCUT2D eigenvalue weighted by atomic mass is 9.94. The van der Waals surface area contributed by atoms with Crippen molar-refractivity contribution in [1.29, 1.82) is 0 Å². The first kappa shape index (κ1) is 13.4. The molecule has 0 heterocycles. The van der Waals surface area contributed by atoms with Crippen LogP contribution in [0.4, 0.5) is 0 Å². The molecule has 0 aliphatic heterocycles. The topological polar surface area (TPSA) is 75.3 Å². The lowest BCUT2D eigenvalue weighted by molar-refractivity contribution is -0.121. The minimum atomic E-state index is -0.0351. The van der Waals surface area contributed by atoms with Gasteiger partial charge in [0.2, 0.25) is 5.91 Å². The molecule has 0 saturated carbocycles. The van der Waals surface area contributed by atoms with Gasteiger partial charge >= 0.3 is 0 Å². The fraction of sp³-hybridized carbons (Fsp3) is 0.900. The van der Waals surface area contributed by atoms with Crippen molar-refractivity contribution < 1.29 is 9.90 Å². The van der Waals surface area contributed by atoms with Gasteiger partial charge in [0, 0.05) is 19.6 Å². The highest BCUT2D eigenvalue weighted by atomic mass is 16.2. The van der Waals surface area contributed by atoms with E-state index in [1.165, 1.54) is 0 Å². The highest BCUT2D eigenvalue weighted by molar-refractivity contribution is 5.75. The van der Waals surface area contributed by atoms with Crippen LogP contribution >= 0.6 is 0 Å². The van der Waals surface area contributed by atoms with Gasteiger partial charge in [-0.25, -0.2) is 0 Å². The van der Waals surface area contributed by atoms with Crippen molar-refractivity contribution in [2.75, 3.05) is 19.7 Å². The summed E-state index contributed by atoms with van der Waals surface area (Å²) in [4.78, 5) is 11.2. The van der Waals surface area contributed by atoms with E-state index < -0.39 is 0 Å². The molecule has 0 radical (unpaired) electrons. The molecule has 0 aromatic rings. The van der Waals surface area contributed by atoms with Crippen LogP contribution in [0.1, 0.15) is 33.1 Å². The van der Waals surface area contributed by atoms with Crippen LogP contribution in [0.3, 0.4) is 0 Å². The Morgan fingerprint density at radius 3 is 2.57 bits per heavy atom. The minimum Gasteiger partial charge on any atom is -0.396 e. The molecule has 0 saturated heterocycles. The van der Waals surface area contributed by atoms with Gasteiger partial charge in [0.25, 0.3) is 0 Å². The van der Waals surface area contributed by atoms with Crippen molar-refractivity contribution in [2.24, 2.45) is 11.1 Å². The van der Waals surface area contributed by atoms with Gasteiger partial charge in [0.05, 0.1) is 0 Å². The molecular weight excluding hydrogens is 180 g/mol. The molecule has 4 heteroatoms. The van der Waals surface area contributed by atoms with Crippen LogP contribution in [0.15, 0.2) is 0 Å². The van der Waals surface area contributed by atoms with Crippen molar-refractivity contribution in [3.63, 3.8) is 0 Å². The molecule has 1 amide bonds. The number of hydrogen-bond acceptors (Lipinski definition) is 3. The highest BCUT2D eigenvalue weighted by Crippen LogP contribution is 2.10. The third-order valence-corrected chi connectivity index (χ3v) is 2.13. The van der Waals surface area contributed by atoms with Gasteiger partial charge in [-0.05, 0) is 24.8 Å². The summed E-state index contributed by atoms with van der Waals surface area (Å²) in [6.07, 6.45) is 1.92. The second-order valence-corrected chi connectivity index (χ2v) is 4.33. The number of amides is 1. The van der Waals surface area contributed by atoms with Gasteiger partial charge < -0.3 is 16.2 Å². The normalized spacial score (nSPS) is 11.4. The van der Waals surface area contributed by atoms with Crippen molar-refractivity contribution in [3.8, 4) is 0 Å². The predicted octanol–water partition coefficient (Wildman–Crippen LogP) is 0.250. The number of aliphatic hydroxyl groups is 1. The fourth-order valence-corrected chi connectivity index (χ4v) is 0.896. The van der Waals surface area contributed by atoms with Crippen LogP contribution in [0.2, 0.25) is 0 Å². The first-order valence-electron chi connectivity index (χ1n) is 5.09. The van der Waals surface area contributed by atoms with Gasteiger partial charge in [0.15, 0.2) is 0 Å². The summed E-state index contributed by atoms with van der Waals surface area (Å²) in [7, 11) is 0. The quantitative estimate of drug-likeness (QED) is 0.518. The third kappa shape index (κ3) is 6.86. The molecule has 0 atom stereocenters. The molecule has 0 aromatic heterocycles. The van der Waals surface area contributed by atoms with Crippen molar-refractivity contribution >= 4 is 5.91 Å². The Balaban J connectivity index is 3.53. The van der Waals surface area contributed by atoms with E-state index in [4.69, 9.17) is 10.8 Å². The summed E-state index contributed by atoms with van der Waals surface area (Å²) in [5.41, 5.74) is 5.49. The van der Waals surface area contributed by atoms with Crippen molar-refractivity contribution in [2.45, 2.75) is 33.1 Å². The van der Waals surface area contributed by atoms with Gasteiger partial charge in [-0.3, -0.25) is 4.79 Å². The summed E-state index contributed by atoms with van der Waals surface area (Å²) in [6, 6.07) is 0. The average molecular weight is 202 g/mol. The molecular formula is C10H22N2O2. The minimum absolute atomic E-state index is 0.0351. The number of aliphatic hydroxyl groups excluding tert-OH is 1. The fourth-order valence-electron chi connectivity index (χ4n) is 0.896. The molecule has 0 aliphatic carbocycles. The van der Waals surface area contributed by atoms with Crippen LogP contribution in [-0.2, 0) is 4.79 Å². The summed E-state index contributed by atoms with van der Waals surface area (Å²) in [6.45, 7) is 5.36. The standard InChI is InChI=1S/C10H22N2O2/c1-10(2,7-11)8-12-9(14)5-3-4-6-13/h13H,3-8,11H2,1-2H3,(H,12,14). The molecule has 0 aromatic carbocycles. The Bertz CT molecular complexity index is 170. The molecule has 0 unspecified atom stereocenters. The van der Waals surface area contributed by atoms with Crippen molar-refractivity contribution in [3.05, 3.63) is 0 Å². The second kappa shape index (κ2) is 6.79. The molecule has 84 valence electrons. The SMILES string of the molecule is CC(C)(CN)CNC(=O)CCCCO. The van der Waals surface area contributed by atoms with E-state index in [0.717, 1.165) is 6.42 Å². The van der Waals surface area contributed by atoms with E-state index in [-0.39, 0.29) is 17.9 Å². The van der Waals surface area contributed by atoms with Gasteiger partial charge in [-0.1, -0.05) is 13.8 Å². The average Bonchev–Trinajstić information content (AvgIpc) is 2.16. The lowest BCUT2D eigenvalue weighted by Crippen LogP contribution is -2.38. The van der Waals surface area contributed by atoms with E-state index in [0.29, 0.717) is 25.9 Å². The van der Waals surface area contributed by atoms with E-state index in [1.54, 1.807) is 0 Å². The molecule has 0 aliphatic rings. The number of unbranched alkanes of at least 4 members (excludes halogenated alkanes) is 1. The number of carbonyl (C=O) groups is 1. The second-order valence-electron chi connectivity index (χ2n) is 4.33. The van der Waals surface area contributed by atoms with Gasteiger partial charge in [0.1, 0.15) is 0 Å². The summed E-state index contributed by atoms with van der Waals surface area (Å²) < 4.78 is 0. The molecule has 0 fully saturated rings. The Morgan fingerprint density at radius 2 is 2.07 bits per heavy atom. The van der Waals surface area contributed by atoms with E-state index >= 15 is 0 Å². The first-order valence-corrected chi connectivity index (χ1v) is 5.09. The van der Waals surface area contributed by atoms with E-state index in [1.807, 2.05) is 13.8 Å². The maximum Gasteiger partial charge on any atom is 0.220 e. The maximum atomic E-state index is 11.2. The van der Waals surface area contributed by atoms with Crippen LogP contribution in [-0.4, -0.2) is 30.7 Å². The zero-order valence-electron chi connectivity index (χ0n) is 9.18. The highest BCUT2D eigenvalue weighted by Gasteiger charge is 2.16. The van der Waals surface area contributed by atoms with Crippen LogP contribution in [0, 0.1) is 5.41 Å². The third-order valence-electron chi connectivity index (χ3n) is 2.13. The van der Waals surface area contributed by atoms with Gasteiger partial charge in [-0.15, -0.1) is 0 Å². The number of rotatable bonds is 7. The molecule has 4 nitrogen and oxygen atoms in total. The number of carbonyl (C=O) groups excluding carboxylic acids is 1. The summed E-state index contributed by atoms with van der Waals surface area (Å²) >= 11 is 0. The molecule has 0 spiro atoms. The molecule has 14 heavy (non-hydrogen) atoms. The molecule has 0 rings (SSSR count). The molecule has 0 bridgehead atoms. The Hall–Kier alpha value is -0.610. The number of nitrogens with one attached hydrogen (secondary N) is 1. The number of hydrogen-bond donors (Lipinski definition) is 3. The van der Waals surface area contributed by atoms with E-state index in [2.05, 4.69) is 5.32 Å². The molecule has 4 N–H and O–H groups in total. The van der Waals surface area contributed by atoms with E-state index in [9.17, 15) is 4.79 Å². The van der Waals surface area contributed by atoms with Crippen molar-refractivity contribution in [1.82, 2.24) is 5.32 Å². The zero-order chi connectivity index (χ0) is 11.0. The summed E-state index contributed by atoms with van der Waals surface area (Å²) in [5, 5.41) is 11.4. The largest absolute Gasteiger partial charge is 0.396 e. The Labute approximate surface area is 85.9 Å². The first-order chi connectivity index (χ1) is 6.52. The van der Waals surface area contributed by atoms with Crippen LogP contribution < -0.4 is 11.1 Å². The van der Waals surface area contributed by atoms with Crippen LogP contribution in [0.25, 0.3) is 0 Å². The van der Waals surface area contributed by atoms with Gasteiger partial charge in [-0.2, -0.15) is 0 Å². The Kier molecular flexibility index (Phi) is 6.49. The lowest BCUT2D eigenvalue weighted by Gasteiger charge is -2.22. The number of nitrogens with two attached hydrogens (primary N) is 1. The predicted molar refractivity (Wildman–Crippen MR) is 56.8 cm³/mol. The zero-order valence-corrected chi connectivity index (χ0v) is 9.18. The summed E-state index contributed by atoms with van der Waals surface area (Å²) in [5.74, 6) is 0.0416.